The van der Waals surface area contributed by atoms with Gasteiger partial charge < -0.3 is 4.74 Å². The van der Waals surface area contributed by atoms with E-state index in [9.17, 15) is 4.79 Å². The second-order valence-electron chi connectivity index (χ2n) is 4.62. The fraction of sp³-hybridized carbons (Fsp3) is 0.118. The monoisotopic (exact) mass is 250 g/mol. The fourth-order valence-corrected chi connectivity index (χ4v) is 2.24. The molecule has 2 nitrogen and oxygen atoms in total. The van der Waals surface area contributed by atoms with Crippen molar-refractivity contribution in [2.45, 2.75) is 12.8 Å². The number of allylic oxidation sites excluding steroid dienone is 2. The Bertz CT molecular complexity index is 627. The third-order valence-corrected chi connectivity index (χ3v) is 3.23. The van der Waals surface area contributed by atoms with E-state index in [4.69, 9.17) is 4.74 Å². The highest BCUT2D eigenvalue weighted by molar-refractivity contribution is 5.75. The number of ether oxygens (including phenoxy) is 1. The van der Waals surface area contributed by atoms with E-state index in [1.807, 2.05) is 30.3 Å². The molecule has 0 aromatic heterocycles. The van der Waals surface area contributed by atoms with Crippen molar-refractivity contribution in [3.63, 3.8) is 0 Å². The van der Waals surface area contributed by atoms with Gasteiger partial charge in [0.05, 0.1) is 0 Å². The van der Waals surface area contributed by atoms with Gasteiger partial charge in [-0.25, -0.2) is 0 Å². The van der Waals surface area contributed by atoms with E-state index in [0.717, 1.165) is 36.2 Å². The molecule has 2 aromatic carbocycles. The SMILES string of the molecule is O=Cc1ccc2c(c1)CC=C(Cc1ccccc1)O2. The summed E-state index contributed by atoms with van der Waals surface area (Å²) in [6, 6.07) is 15.8. The average Bonchev–Trinajstić information content (AvgIpc) is 2.48. The summed E-state index contributed by atoms with van der Waals surface area (Å²) in [6.45, 7) is 0. The van der Waals surface area contributed by atoms with Crippen molar-refractivity contribution >= 4 is 6.29 Å². The van der Waals surface area contributed by atoms with Crippen molar-refractivity contribution in [3.8, 4) is 5.75 Å². The Kier molecular flexibility index (Phi) is 3.15. The van der Waals surface area contributed by atoms with Crippen LogP contribution in [0.5, 0.6) is 5.75 Å². The van der Waals surface area contributed by atoms with Gasteiger partial charge in [0, 0.05) is 12.0 Å². The number of fused-ring (bicyclic) bond motifs is 1. The minimum absolute atomic E-state index is 0.697. The quantitative estimate of drug-likeness (QED) is 0.778. The molecule has 1 heterocycles. The van der Waals surface area contributed by atoms with Crippen molar-refractivity contribution in [2.24, 2.45) is 0 Å². The van der Waals surface area contributed by atoms with Crippen LogP contribution in [0.25, 0.3) is 0 Å². The third-order valence-electron chi connectivity index (χ3n) is 3.23. The molecular weight excluding hydrogens is 236 g/mol. The van der Waals surface area contributed by atoms with E-state index in [0.29, 0.717) is 5.56 Å². The zero-order valence-electron chi connectivity index (χ0n) is 10.5. The molecule has 0 unspecified atom stereocenters. The molecule has 0 amide bonds. The van der Waals surface area contributed by atoms with Crippen LogP contribution in [-0.4, -0.2) is 6.29 Å². The summed E-state index contributed by atoms with van der Waals surface area (Å²) in [6.07, 6.45) is 4.57. The van der Waals surface area contributed by atoms with Gasteiger partial charge in [-0.05, 0) is 41.8 Å². The Balaban J connectivity index is 1.78. The molecule has 2 aromatic rings. The van der Waals surface area contributed by atoms with Gasteiger partial charge in [-0.3, -0.25) is 4.79 Å². The highest BCUT2D eigenvalue weighted by atomic mass is 16.5. The first kappa shape index (κ1) is 11.7. The summed E-state index contributed by atoms with van der Waals surface area (Å²) >= 11 is 0. The van der Waals surface area contributed by atoms with Crippen molar-refractivity contribution in [1.82, 2.24) is 0 Å². The Morgan fingerprint density at radius 3 is 2.74 bits per heavy atom. The molecule has 0 saturated carbocycles. The van der Waals surface area contributed by atoms with Gasteiger partial charge in [-0.15, -0.1) is 0 Å². The van der Waals surface area contributed by atoms with E-state index in [1.54, 1.807) is 6.07 Å². The summed E-state index contributed by atoms with van der Waals surface area (Å²) in [5, 5.41) is 0. The highest BCUT2D eigenvalue weighted by Gasteiger charge is 2.13. The zero-order valence-corrected chi connectivity index (χ0v) is 10.5. The molecule has 2 heteroatoms. The molecule has 0 aliphatic carbocycles. The van der Waals surface area contributed by atoms with Crippen LogP contribution < -0.4 is 4.74 Å². The van der Waals surface area contributed by atoms with Crippen LogP contribution in [0.2, 0.25) is 0 Å². The molecule has 0 radical (unpaired) electrons. The Labute approximate surface area is 112 Å². The normalized spacial score (nSPS) is 13.2. The number of carbonyl (C=O) groups excluding carboxylic acids is 1. The molecule has 3 rings (SSSR count). The van der Waals surface area contributed by atoms with E-state index in [2.05, 4.69) is 18.2 Å². The molecule has 1 aliphatic heterocycles. The third kappa shape index (κ3) is 2.58. The maximum atomic E-state index is 10.7. The molecular formula is C17H14O2. The number of rotatable bonds is 3. The minimum Gasteiger partial charge on any atom is -0.461 e. The summed E-state index contributed by atoms with van der Waals surface area (Å²) in [4.78, 5) is 10.7. The predicted octanol–water partition coefficient (Wildman–Crippen LogP) is 3.56. The van der Waals surface area contributed by atoms with Gasteiger partial charge in [0.1, 0.15) is 17.8 Å². The fourth-order valence-electron chi connectivity index (χ4n) is 2.24. The lowest BCUT2D eigenvalue weighted by atomic mass is 10.0. The molecule has 19 heavy (non-hydrogen) atoms. The van der Waals surface area contributed by atoms with Gasteiger partial charge in [-0.1, -0.05) is 30.3 Å². The van der Waals surface area contributed by atoms with Gasteiger partial charge in [0.25, 0.3) is 0 Å². The molecule has 0 bridgehead atoms. The van der Waals surface area contributed by atoms with Gasteiger partial charge >= 0.3 is 0 Å². The number of carbonyl (C=O) groups is 1. The topological polar surface area (TPSA) is 26.3 Å². The number of benzene rings is 2. The predicted molar refractivity (Wildman–Crippen MR) is 74.4 cm³/mol. The largest absolute Gasteiger partial charge is 0.461 e. The van der Waals surface area contributed by atoms with Gasteiger partial charge in [-0.2, -0.15) is 0 Å². The molecule has 1 aliphatic rings. The maximum Gasteiger partial charge on any atom is 0.150 e. The van der Waals surface area contributed by atoms with E-state index in [-0.39, 0.29) is 0 Å². The molecule has 94 valence electrons. The summed E-state index contributed by atoms with van der Waals surface area (Å²) in [5.74, 6) is 1.83. The van der Waals surface area contributed by atoms with Crippen molar-refractivity contribution in [3.05, 3.63) is 77.1 Å². The lowest BCUT2D eigenvalue weighted by Gasteiger charge is -2.18. The Morgan fingerprint density at radius 1 is 1.11 bits per heavy atom. The van der Waals surface area contributed by atoms with Crippen LogP contribution >= 0.6 is 0 Å². The standard InChI is InChI=1S/C17H14O2/c18-12-14-6-9-17-15(10-14)7-8-16(19-17)11-13-4-2-1-3-5-13/h1-6,8-10,12H,7,11H2. The molecule has 0 atom stereocenters. The van der Waals surface area contributed by atoms with Crippen LogP contribution in [0.15, 0.2) is 60.4 Å². The molecule has 0 spiro atoms. The minimum atomic E-state index is 0.697. The second-order valence-corrected chi connectivity index (χ2v) is 4.62. The van der Waals surface area contributed by atoms with Crippen molar-refractivity contribution < 1.29 is 9.53 Å². The highest BCUT2D eigenvalue weighted by Crippen LogP contribution is 2.28. The van der Waals surface area contributed by atoms with E-state index in [1.165, 1.54) is 5.56 Å². The van der Waals surface area contributed by atoms with E-state index >= 15 is 0 Å². The number of hydrogen-bond acceptors (Lipinski definition) is 2. The summed E-state index contributed by atoms with van der Waals surface area (Å²) in [5.41, 5.74) is 3.00. The summed E-state index contributed by atoms with van der Waals surface area (Å²) in [7, 11) is 0. The van der Waals surface area contributed by atoms with Gasteiger partial charge in [0.15, 0.2) is 0 Å². The first-order chi connectivity index (χ1) is 9.35. The van der Waals surface area contributed by atoms with Crippen molar-refractivity contribution in [1.29, 1.82) is 0 Å². The van der Waals surface area contributed by atoms with Crippen LogP contribution in [0.3, 0.4) is 0 Å². The smallest absolute Gasteiger partial charge is 0.150 e. The molecule has 0 N–H and O–H groups in total. The van der Waals surface area contributed by atoms with Crippen LogP contribution in [0, 0.1) is 0 Å². The number of hydrogen-bond donors (Lipinski definition) is 0. The van der Waals surface area contributed by atoms with Crippen LogP contribution in [0.4, 0.5) is 0 Å². The Morgan fingerprint density at radius 2 is 1.95 bits per heavy atom. The van der Waals surface area contributed by atoms with Crippen LogP contribution in [-0.2, 0) is 12.8 Å². The molecule has 0 saturated heterocycles. The zero-order chi connectivity index (χ0) is 13.1. The van der Waals surface area contributed by atoms with Crippen LogP contribution in [0.1, 0.15) is 21.5 Å². The second kappa shape index (κ2) is 5.11. The molecule has 0 fully saturated rings. The van der Waals surface area contributed by atoms with Gasteiger partial charge in [0.2, 0.25) is 0 Å². The van der Waals surface area contributed by atoms with Crippen molar-refractivity contribution in [2.75, 3.05) is 0 Å². The lowest BCUT2D eigenvalue weighted by molar-refractivity contribution is 0.112. The average molecular weight is 250 g/mol. The number of aldehydes is 1. The first-order valence-electron chi connectivity index (χ1n) is 6.34. The van der Waals surface area contributed by atoms with E-state index < -0.39 is 0 Å². The summed E-state index contributed by atoms with van der Waals surface area (Å²) < 4.78 is 5.88. The maximum absolute atomic E-state index is 10.7. The lowest BCUT2D eigenvalue weighted by Crippen LogP contribution is -2.07. The Hall–Kier alpha value is -2.35. The first-order valence-corrected chi connectivity index (χ1v) is 6.34.